The fourth-order valence-electron chi connectivity index (χ4n) is 1.51. The number of benzene rings is 1. The molecule has 0 aromatic heterocycles. The van der Waals surface area contributed by atoms with Crippen molar-refractivity contribution in [2.45, 2.75) is 13.1 Å². The van der Waals surface area contributed by atoms with Crippen LogP contribution in [0.3, 0.4) is 0 Å². The van der Waals surface area contributed by atoms with Gasteiger partial charge in [-0.15, -0.1) is 5.11 Å². The number of carbonyl (C=O) groups excluding carboxylic acids is 1. The fraction of sp³-hybridized carbons (Fsp3) is 0.188. The second-order valence-electron chi connectivity index (χ2n) is 4.39. The van der Waals surface area contributed by atoms with Crippen LogP contribution < -0.4 is 16.3 Å². The average Bonchev–Trinajstić information content (AvgIpc) is 3.11. The van der Waals surface area contributed by atoms with Crippen molar-refractivity contribution in [2.75, 3.05) is 7.05 Å². The molecule has 3 N–H and O–H groups in total. The molecule has 0 bridgehead atoms. The third kappa shape index (κ3) is 6.15. The number of hydrogen-bond donors (Lipinski definition) is 3. The summed E-state index contributed by atoms with van der Waals surface area (Å²) in [4.78, 5) is 10.0. The van der Waals surface area contributed by atoms with Crippen LogP contribution in [0, 0.1) is 0 Å². The normalized spacial score (nSPS) is 17.1. The number of nitrogens with zero attached hydrogens (tertiary/aromatic N) is 2. The molecule has 6 heteroatoms. The molecule has 0 aliphatic carbocycles. The highest BCUT2D eigenvalue weighted by Crippen LogP contribution is 2.06. The van der Waals surface area contributed by atoms with E-state index in [1.54, 1.807) is 18.2 Å². The van der Waals surface area contributed by atoms with Gasteiger partial charge in [0.15, 0.2) is 6.17 Å². The van der Waals surface area contributed by atoms with Crippen LogP contribution >= 0.6 is 0 Å². The van der Waals surface area contributed by atoms with Crippen molar-refractivity contribution < 1.29 is 4.79 Å². The SMILES string of the molecule is C=C/C(=C\C=C(/C)C1N=NNN1)NC.O=Cc1ccccc1. The molecule has 0 spiro atoms. The summed E-state index contributed by atoms with van der Waals surface area (Å²) in [6.45, 7) is 5.66. The topological polar surface area (TPSA) is 77.9 Å². The molecule has 1 aliphatic heterocycles. The summed E-state index contributed by atoms with van der Waals surface area (Å²) in [6.07, 6.45) is 6.43. The molecule has 1 heterocycles. The highest BCUT2D eigenvalue weighted by atomic mass is 16.1. The Morgan fingerprint density at radius 2 is 2.05 bits per heavy atom. The maximum absolute atomic E-state index is 10.0. The van der Waals surface area contributed by atoms with E-state index in [0.29, 0.717) is 0 Å². The molecular weight excluding hydrogens is 278 g/mol. The largest absolute Gasteiger partial charge is 0.388 e. The number of hydrazine groups is 1. The van der Waals surface area contributed by atoms with Gasteiger partial charge in [-0.1, -0.05) is 48.2 Å². The zero-order valence-electron chi connectivity index (χ0n) is 12.8. The molecule has 1 atom stereocenters. The second-order valence-corrected chi connectivity index (χ2v) is 4.39. The standard InChI is InChI=1S/C9H15N5.C7H6O/c1-4-8(10-3)6-5-7(2)9-11-13-14-12-9;8-6-7-4-2-1-3-5-7/h4-6,9-10H,1H2,2-3H3,(H,11,14)(H,12,13);1-6H/b7-5+,8-6+;. The van der Waals surface area contributed by atoms with Gasteiger partial charge in [0, 0.05) is 18.3 Å². The van der Waals surface area contributed by atoms with Crippen LogP contribution in [0.15, 0.2) is 76.7 Å². The van der Waals surface area contributed by atoms with Gasteiger partial charge in [-0.2, -0.15) is 5.43 Å². The van der Waals surface area contributed by atoms with Gasteiger partial charge in [0.1, 0.15) is 6.29 Å². The van der Waals surface area contributed by atoms with Gasteiger partial charge >= 0.3 is 0 Å². The monoisotopic (exact) mass is 299 g/mol. The molecule has 0 radical (unpaired) electrons. The summed E-state index contributed by atoms with van der Waals surface area (Å²) < 4.78 is 0. The molecule has 6 nitrogen and oxygen atoms in total. The lowest BCUT2D eigenvalue weighted by Crippen LogP contribution is -2.30. The van der Waals surface area contributed by atoms with Gasteiger partial charge in [-0.3, -0.25) is 4.79 Å². The minimum atomic E-state index is -0.0748. The minimum Gasteiger partial charge on any atom is -0.388 e. The molecule has 1 aromatic rings. The third-order valence-corrected chi connectivity index (χ3v) is 2.83. The first kappa shape index (κ1) is 17.3. The number of hydrogen-bond acceptors (Lipinski definition) is 6. The van der Waals surface area contributed by atoms with Gasteiger partial charge in [0.2, 0.25) is 0 Å². The second kappa shape index (κ2) is 10.1. The number of likely N-dealkylation sites (N-methyl/N-ethyl adjacent to an activating group) is 1. The van der Waals surface area contributed by atoms with Gasteiger partial charge in [0.25, 0.3) is 0 Å². The van der Waals surface area contributed by atoms with Crippen LogP contribution in [0.4, 0.5) is 0 Å². The lowest BCUT2D eigenvalue weighted by Gasteiger charge is -2.04. The van der Waals surface area contributed by atoms with E-state index in [4.69, 9.17) is 0 Å². The van der Waals surface area contributed by atoms with Gasteiger partial charge in [0.05, 0.1) is 0 Å². The van der Waals surface area contributed by atoms with E-state index in [2.05, 4.69) is 33.2 Å². The van der Waals surface area contributed by atoms with Gasteiger partial charge in [-0.05, 0) is 24.6 Å². The summed E-state index contributed by atoms with van der Waals surface area (Å²) in [5.74, 6) is 0. The summed E-state index contributed by atoms with van der Waals surface area (Å²) in [5, 5.41) is 10.6. The minimum absolute atomic E-state index is 0.0748. The number of aldehydes is 1. The Kier molecular flexibility index (Phi) is 7.92. The Labute approximate surface area is 130 Å². The summed E-state index contributed by atoms with van der Waals surface area (Å²) >= 11 is 0. The number of nitrogens with one attached hydrogen (secondary N) is 3. The molecule has 116 valence electrons. The van der Waals surface area contributed by atoms with Crippen molar-refractivity contribution in [3.05, 3.63) is 72.0 Å². The summed E-state index contributed by atoms with van der Waals surface area (Å²) in [6, 6.07) is 9.10. The first-order chi connectivity index (χ1) is 10.7. The highest BCUT2D eigenvalue weighted by Gasteiger charge is 2.11. The highest BCUT2D eigenvalue weighted by molar-refractivity contribution is 5.74. The number of rotatable bonds is 5. The van der Waals surface area contributed by atoms with Crippen LogP contribution in [-0.2, 0) is 0 Å². The molecule has 1 aliphatic rings. The van der Waals surface area contributed by atoms with Crippen LogP contribution in [0.2, 0.25) is 0 Å². The van der Waals surface area contributed by atoms with Crippen molar-refractivity contribution in [3.8, 4) is 0 Å². The zero-order chi connectivity index (χ0) is 16.2. The maximum atomic E-state index is 10.0. The lowest BCUT2D eigenvalue weighted by molar-refractivity contribution is 0.112. The van der Waals surface area contributed by atoms with Crippen LogP contribution in [0.1, 0.15) is 17.3 Å². The molecule has 1 aromatic carbocycles. The van der Waals surface area contributed by atoms with Crippen LogP contribution in [-0.4, -0.2) is 19.5 Å². The van der Waals surface area contributed by atoms with Crippen molar-refractivity contribution in [1.29, 1.82) is 0 Å². The van der Waals surface area contributed by atoms with E-state index in [1.807, 2.05) is 44.3 Å². The molecule has 22 heavy (non-hydrogen) atoms. The molecule has 0 amide bonds. The predicted octanol–water partition coefficient (Wildman–Crippen LogP) is 2.52. The Morgan fingerprint density at radius 1 is 1.32 bits per heavy atom. The average molecular weight is 299 g/mol. The fourth-order valence-corrected chi connectivity index (χ4v) is 1.51. The van der Waals surface area contributed by atoms with Gasteiger partial charge in [-0.25, -0.2) is 5.53 Å². The molecule has 2 rings (SSSR count). The van der Waals surface area contributed by atoms with Crippen molar-refractivity contribution >= 4 is 6.29 Å². The first-order valence-electron chi connectivity index (χ1n) is 6.80. The summed E-state index contributed by atoms with van der Waals surface area (Å²) in [7, 11) is 1.85. The quantitative estimate of drug-likeness (QED) is 0.577. The smallest absolute Gasteiger partial charge is 0.162 e. The third-order valence-electron chi connectivity index (χ3n) is 2.83. The van der Waals surface area contributed by atoms with Crippen molar-refractivity contribution in [3.63, 3.8) is 0 Å². The van der Waals surface area contributed by atoms with Gasteiger partial charge < -0.3 is 5.32 Å². The van der Waals surface area contributed by atoms with Crippen LogP contribution in [0.25, 0.3) is 0 Å². The molecular formula is C16H21N5O. The Morgan fingerprint density at radius 3 is 2.50 bits per heavy atom. The van der Waals surface area contributed by atoms with E-state index in [1.165, 1.54) is 0 Å². The summed E-state index contributed by atoms with van der Waals surface area (Å²) in [5.41, 5.74) is 8.24. The molecule has 0 saturated heterocycles. The Balaban J connectivity index is 0.000000255. The van der Waals surface area contributed by atoms with E-state index in [9.17, 15) is 4.79 Å². The van der Waals surface area contributed by atoms with E-state index in [0.717, 1.165) is 23.1 Å². The Hall–Kier alpha value is -2.73. The molecule has 1 unspecified atom stereocenters. The predicted molar refractivity (Wildman–Crippen MR) is 87.8 cm³/mol. The van der Waals surface area contributed by atoms with E-state index < -0.39 is 0 Å². The number of carbonyl (C=O) groups is 1. The zero-order valence-corrected chi connectivity index (χ0v) is 12.8. The maximum Gasteiger partial charge on any atom is 0.162 e. The van der Waals surface area contributed by atoms with E-state index >= 15 is 0 Å². The lowest BCUT2D eigenvalue weighted by atomic mass is 10.2. The van der Waals surface area contributed by atoms with Crippen molar-refractivity contribution in [1.82, 2.24) is 16.3 Å². The van der Waals surface area contributed by atoms with E-state index in [-0.39, 0.29) is 6.17 Å². The van der Waals surface area contributed by atoms with Crippen LogP contribution in [0.5, 0.6) is 0 Å². The molecule has 0 saturated carbocycles. The number of allylic oxidation sites excluding steroid dienone is 3. The first-order valence-corrected chi connectivity index (χ1v) is 6.80. The van der Waals surface area contributed by atoms with Crippen molar-refractivity contribution in [2.24, 2.45) is 10.3 Å². The molecule has 0 fully saturated rings. The Bertz CT molecular complexity index is 563.